The number of rotatable bonds is 12. The van der Waals surface area contributed by atoms with Gasteiger partial charge in [0.1, 0.15) is 17.7 Å². The molecule has 0 aliphatic rings. The van der Waals surface area contributed by atoms with E-state index < -0.39 is 23.8 Å². The Labute approximate surface area is 212 Å². The SMILES string of the molecule is CCCCCNC(=O)C(c1cc(C)cc(C)c1)N(CC)C(=O)C(NC(=O)OC(C)(C)C)C(C)CC. The third-order valence-electron chi connectivity index (χ3n) is 5.97. The number of carbonyl (C=O) groups is 3. The number of ether oxygens (including phenoxy) is 1. The fraction of sp³-hybridized carbons (Fsp3) is 0.679. The van der Waals surface area contributed by atoms with E-state index in [0.29, 0.717) is 19.5 Å². The number of benzene rings is 1. The highest BCUT2D eigenvalue weighted by molar-refractivity contribution is 5.92. The van der Waals surface area contributed by atoms with E-state index in [-0.39, 0.29) is 17.7 Å². The molecule has 198 valence electrons. The van der Waals surface area contributed by atoms with Gasteiger partial charge < -0.3 is 20.3 Å². The van der Waals surface area contributed by atoms with Crippen LogP contribution in [-0.2, 0) is 14.3 Å². The van der Waals surface area contributed by atoms with E-state index >= 15 is 0 Å². The number of unbranched alkanes of at least 4 members (excludes halogenated alkanes) is 2. The van der Waals surface area contributed by atoms with Crippen LogP contribution in [0.15, 0.2) is 18.2 Å². The minimum Gasteiger partial charge on any atom is -0.444 e. The summed E-state index contributed by atoms with van der Waals surface area (Å²) in [6.45, 7) is 18.1. The van der Waals surface area contributed by atoms with Crippen molar-refractivity contribution in [2.24, 2.45) is 5.92 Å². The minimum atomic E-state index is -0.809. The molecular weight excluding hydrogens is 442 g/mol. The molecule has 7 heteroatoms. The van der Waals surface area contributed by atoms with Gasteiger partial charge in [0.2, 0.25) is 11.8 Å². The van der Waals surface area contributed by atoms with Crippen molar-refractivity contribution < 1.29 is 19.1 Å². The Hall–Kier alpha value is -2.57. The lowest BCUT2D eigenvalue weighted by Crippen LogP contribution is -2.55. The van der Waals surface area contributed by atoms with Crippen molar-refractivity contribution in [1.29, 1.82) is 0 Å². The number of nitrogens with zero attached hydrogens (tertiary/aromatic N) is 1. The number of likely N-dealkylation sites (N-methyl/N-ethyl adjacent to an activating group) is 1. The molecule has 3 atom stereocenters. The van der Waals surface area contributed by atoms with Crippen LogP contribution in [0.2, 0.25) is 0 Å². The summed E-state index contributed by atoms with van der Waals surface area (Å²) in [5, 5.41) is 5.82. The molecule has 0 bridgehead atoms. The van der Waals surface area contributed by atoms with Crippen LogP contribution < -0.4 is 10.6 Å². The van der Waals surface area contributed by atoms with E-state index in [1.165, 1.54) is 0 Å². The molecule has 0 spiro atoms. The predicted molar refractivity (Wildman–Crippen MR) is 141 cm³/mol. The lowest BCUT2D eigenvalue weighted by Gasteiger charge is -2.35. The van der Waals surface area contributed by atoms with Gasteiger partial charge in [-0.1, -0.05) is 69.4 Å². The number of hydrogen-bond acceptors (Lipinski definition) is 4. The first-order valence-corrected chi connectivity index (χ1v) is 13.0. The normalized spacial score (nSPS) is 14.0. The van der Waals surface area contributed by atoms with Crippen molar-refractivity contribution in [2.45, 2.75) is 106 Å². The van der Waals surface area contributed by atoms with Crippen LogP contribution in [0.3, 0.4) is 0 Å². The van der Waals surface area contributed by atoms with E-state index in [1.807, 2.05) is 52.8 Å². The highest BCUT2D eigenvalue weighted by Crippen LogP contribution is 2.26. The average molecular weight is 490 g/mol. The molecule has 0 aromatic heterocycles. The number of amides is 3. The molecule has 0 heterocycles. The summed E-state index contributed by atoms with van der Waals surface area (Å²) in [5.74, 6) is -0.640. The number of carbonyl (C=O) groups excluding carboxylic acids is 3. The average Bonchev–Trinajstić information content (AvgIpc) is 2.75. The topological polar surface area (TPSA) is 87.7 Å². The molecule has 35 heavy (non-hydrogen) atoms. The van der Waals surface area contributed by atoms with Crippen molar-refractivity contribution in [3.8, 4) is 0 Å². The standard InChI is InChI=1S/C28H47N3O4/c1-10-13-14-15-29-25(32)24(22-17-19(4)16-20(5)18-22)31(12-3)26(33)23(21(6)11-2)30-27(34)35-28(7,8)9/h16-18,21,23-24H,10-15H2,1-9H3,(H,29,32)(H,30,34). The van der Waals surface area contributed by atoms with Gasteiger partial charge in [-0.25, -0.2) is 4.79 Å². The molecule has 0 fully saturated rings. The Morgan fingerprint density at radius 1 is 1.00 bits per heavy atom. The molecule has 1 aromatic rings. The van der Waals surface area contributed by atoms with E-state index in [4.69, 9.17) is 4.74 Å². The summed E-state index contributed by atoms with van der Waals surface area (Å²) in [7, 11) is 0. The summed E-state index contributed by atoms with van der Waals surface area (Å²) in [5.41, 5.74) is 2.14. The van der Waals surface area contributed by atoms with Gasteiger partial charge in [0.25, 0.3) is 0 Å². The predicted octanol–water partition coefficient (Wildman–Crippen LogP) is 5.44. The lowest BCUT2D eigenvalue weighted by atomic mass is 9.94. The zero-order valence-corrected chi connectivity index (χ0v) is 23.3. The van der Waals surface area contributed by atoms with Gasteiger partial charge in [-0.15, -0.1) is 0 Å². The van der Waals surface area contributed by atoms with Gasteiger partial charge in [-0.2, -0.15) is 0 Å². The second-order valence-electron chi connectivity index (χ2n) is 10.5. The van der Waals surface area contributed by atoms with Gasteiger partial charge in [0.15, 0.2) is 0 Å². The number of aryl methyl sites for hydroxylation is 2. The van der Waals surface area contributed by atoms with Crippen LogP contribution in [0.25, 0.3) is 0 Å². The highest BCUT2D eigenvalue weighted by atomic mass is 16.6. The van der Waals surface area contributed by atoms with E-state index in [2.05, 4.69) is 17.6 Å². The molecule has 7 nitrogen and oxygen atoms in total. The van der Waals surface area contributed by atoms with Gasteiger partial charge in [0, 0.05) is 13.1 Å². The molecule has 3 unspecified atom stereocenters. The van der Waals surface area contributed by atoms with Gasteiger partial charge >= 0.3 is 6.09 Å². The van der Waals surface area contributed by atoms with Gasteiger partial charge in [-0.3, -0.25) is 9.59 Å². The number of nitrogens with one attached hydrogen (secondary N) is 2. The van der Waals surface area contributed by atoms with Crippen molar-refractivity contribution in [1.82, 2.24) is 15.5 Å². The van der Waals surface area contributed by atoms with Crippen molar-refractivity contribution in [3.05, 3.63) is 34.9 Å². The summed E-state index contributed by atoms with van der Waals surface area (Å²) < 4.78 is 5.43. The highest BCUT2D eigenvalue weighted by Gasteiger charge is 2.37. The monoisotopic (exact) mass is 489 g/mol. The number of alkyl carbamates (subject to hydrolysis) is 1. The minimum absolute atomic E-state index is 0.142. The second-order valence-corrected chi connectivity index (χ2v) is 10.5. The van der Waals surface area contributed by atoms with Gasteiger partial charge in [-0.05, 0) is 59.4 Å². The maximum atomic E-state index is 13.9. The largest absolute Gasteiger partial charge is 0.444 e. The van der Waals surface area contributed by atoms with E-state index in [1.54, 1.807) is 25.7 Å². The van der Waals surface area contributed by atoms with Crippen molar-refractivity contribution in [3.63, 3.8) is 0 Å². The molecule has 0 saturated heterocycles. The first kappa shape index (κ1) is 30.5. The molecule has 0 aliphatic heterocycles. The third-order valence-corrected chi connectivity index (χ3v) is 5.97. The fourth-order valence-electron chi connectivity index (χ4n) is 4.09. The van der Waals surface area contributed by atoms with E-state index in [0.717, 1.165) is 36.0 Å². The fourth-order valence-corrected chi connectivity index (χ4v) is 4.09. The smallest absolute Gasteiger partial charge is 0.408 e. The Bertz CT molecular complexity index is 827. The quantitative estimate of drug-likeness (QED) is 0.383. The summed E-state index contributed by atoms with van der Waals surface area (Å²) in [6, 6.07) is 4.36. The maximum Gasteiger partial charge on any atom is 0.408 e. The van der Waals surface area contributed by atoms with Crippen LogP contribution in [0.1, 0.15) is 96.9 Å². The Balaban J connectivity index is 3.37. The lowest BCUT2D eigenvalue weighted by molar-refractivity contribution is -0.143. The molecule has 0 aliphatic carbocycles. The van der Waals surface area contributed by atoms with Crippen molar-refractivity contribution in [2.75, 3.05) is 13.1 Å². The first-order chi connectivity index (χ1) is 16.3. The summed E-state index contributed by atoms with van der Waals surface area (Å²) in [4.78, 5) is 41.6. The molecule has 0 saturated carbocycles. The third kappa shape index (κ3) is 9.90. The Kier molecular flexibility index (Phi) is 12.3. The van der Waals surface area contributed by atoms with Gasteiger partial charge in [0.05, 0.1) is 0 Å². The Morgan fingerprint density at radius 2 is 1.60 bits per heavy atom. The molecular formula is C28H47N3O4. The van der Waals surface area contributed by atoms with Crippen LogP contribution in [0, 0.1) is 19.8 Å². The maximum absolute atomic E-state index is 13.9. The Morgan fingerprint density at radius 3 is 2.09 bits per heavy atom. The van der Waals surface area contributed by atoms with Crippen LogP contribution >= 0.6 is 0 Å². The summed E-state index contributed by atoms with van der Waals surface area (Å²) >= 11 is 0. The first-order valence-electron chi connectivity index (χ1n) is 13.0. The molecule has 2 N–H and O–H groups in total. The molecule has 3 amide bonds. The van der Waals surface area contributed by atoms with E-state index in [9.17, 15) is 14.4 Å². The molecule has 1 aromatic carbocycles. The van der Waals surface area contributed by atoms with Crippen LogP contribution in [-0.4, -0.2) is 47.5 Å². The van der Waals surface area contributed by atoms with Crippen LogP contribution in [0.5, 0.6) is 0 Å². The zero-order valence-electron chi connectivity index (χ0n) is 23.3. The number of hydrogen-bond donors (Lipinski definition) is 2. The zero-order chi connectivity index (χ0) is 26.8. The van der Waals surface area contributed by atoms with Crippen molar-refractivity contribution >= 4 is 17.9 Å². The molecule has 0 radical (unpaired) electrons. The molecule has 1 rings (SSSR count). The van der Waals surface area contributed by atoms with Crippen LogP contribution in [0.4, 0.5) is 4.79 Å². The second kappa shape index (κ2) is 14.1. The summed E-state index contributed by atoms with van der Waals surface area (Å²) in [6.07, 6.45) is 3.02.